The topological polar surface area (TPSA) is 60.2 Å². The third kappa shape index (κ3) is 5.81. The standard InChI is InChI=1S/C27H34N4O2/c1-3-26-28-14-17-30(26)16-13-27(32)31-15-7-9-23(20-31)24-12-11-21(19-29-24)18-22-8-5-6-10-25(22)33-4-2/h5-6,8,10-12,14,17,19,23H,3-4,7,9,13,15-16,18,20H2,1-2H3/t23-/m1/s1. The summed E-state index contributed by atoms with van der Waals surface area (Å²) in [4.78, 5) is 24.0. The molecule has 4 rings (SSSR count). The van der Waals surface area contributed by atoms with Crippen molar-refractivity contribution in [1.82, 2.24) is 19.4 Å². The molecule has 6 heteroatoms. The van der Waals surface area contributed by atoms with Gasteiger partial charge in [0.15, 0.2) is 0 Å². The Labute approximate surface area is 196 Å². The first-order valence-electron chi connectivity index (χ1n) is 12.1. The second kappa shape index (κ2) is 11.1. The molecule has 0 bridgehead atoms. The first-order chi connectivity index (χ1) is 16.2. The van der Waals surface area contributed by atoms with E-state index in [9.17, 15) is 4.79 Å². The van der Waals surface area contributed by atoms with E-state index in [0.29, 0.717) is 25.5 Å². The third-order valence-electron chi connectivity index (χ3n) is 6.39. The predicted molar refractivity (Wildman–Crippen MR) is 129 cm³/mol. The molecule has 0 aliphatic carbocycles. The summed E-state index contributed by atoms with van der Waals surface area (Å²) >= 11 is 0. The summed E-state index contributed by atoms with van der Waals surface area (Å²) in [6.45, 7) is 7.04. The molecule has 1 atom stereocenters. The van der Waals surface area contributed by atoms with Gasteiger partial charge >= 0.3 is 0 Å². The number of imidazole rings is 1. The Morgan fingerprint density at radius 2 is 2.03 bits per heavy atom. The van der Waals surface area contributed by atoms with Gasteiger partial charge < -0.3 is 14.2 Å². The molecule has 1 aromatic carbocycles. The van der Waals surface area contributed by atoms with E-state index < -0.39 is 0 Å². The molecule has 0 spiro atoms. The number of rotatable bonds is 9. The Hall–Kier alpha value is -3.15. The van der Waals surface area contributed by atoms with E-state index in [1.165, 1.54) is 11.1 Å². The minimum Gasteiger partial charge on any atom is -0.494 e. The van der Waals surface area contributed by atoms with Crippen molar-refractivity contribution in [2.45, 2.75) is 58.4 Å². The van der Waals surface area contributed by atoms with Crippen LogP contribution in [-0.2, 0) is 24.2 Å². The number of hydrogen-bond donors (Lipinski definition) is 0. The van der Waals surface area contributed by atoms with Gasteiger partial charge in [0.25, 0.3) is 0 Å². The van der Waals surface area contributed by atoms with Gasteiger partial charge in [-0.05, 0) is 43.0 Å². The highest BCUT2D eigenvalue weighted by Gasteiger charge is 2.25. The van der Waals surface area contributed by atoms with Gasteiger partial charge in [0.05, 0.1) is 6.61 Å². The van der Waals surface area contributed by atoms with Crippen molar-refractivity contribution in [2.24, 2.45) is 0 Å². The molecule has 1 amide bonds. The zero-order chi connectivity index (χ0) is 23.0. The first kappa shape index (κ1) is 23.0. The fraction of sp³-hybridized carbons (Fsp3) is 0.444. The van der Waals surface area contributed by atoms with E-state index in [2.05, 4.69) is 34.7 Å². The molecule has 0 N–H and O–H groups in total. The number of para-hydroxylation sites is 1. The highest BCUT2D eigenvalue weighted by molar-refractivity contribution is 5.76. The van der Waals surface area contributed by atoms with Gasteiger partial charge in [-0.2, -0.15) is 0 Å². The number of pyridine rings is 1. The minimum atomic E-state index is 0.222. The van der Waals surface area contributed by atoms with Crippen LogP contribution in [0.2, 0.25) is 0 Å². The van der Waals surface area contributed by atoms with Gasteiger partial charge in [-0.3, -0.25) is 9.78 Å². The molecule has 6 nitrogen and oxygen atoms in total. The molecule has 1 aliphatic heterocycles. The maximum atomic E-state index is 12.9. The number of piperidine rings is 1. The number of aromatic nitrogens is 3. The summed E-state index contributed by atoms with van der Waals surface area (Å²) in [5.74, 6) is 2.49. The number of likely N-dealkylation sites (tertiary alicyclic amines) is 1. The molecule has 0 saturated carbocycles. The van der Waals surface area contributed by atoms with Gasteiger partial charge in [-0.15, -0.1) is 0 Å². The summed E-state index contributed by atoms with van der Waals surface area (Å²) in [6.07, 6.45) is 10.0. The number of amides is 1. The van der Waals surface area contributed by atoms with Crippen LogP contribution in [0, 0.1) is 0 Å². The molecule has 33 heavy (non-hydrogen) atoms. The van der Waals surface area contributed by atoms with Gasteiger partial charge in [-0.25, -0.2) is 4.98 Å². The first-order valence-corrected chi connectivity index (χ1v) is 12.1. The smallest absolute Gasteiger partial charge is 0.224 e. The van der Waals surface area contributed by atoms with E-state index in [-0.39, 0.29) is 5.91 Å². The Morgan fingerprint density at radius 3 is 2.82 bits per heavy atom. The van der Waals surface area contributed by atoms with Crippen molar-refractivity contribution < 1.29 is 9.53 Å². The molecule has 174 valence electrons. The lowest BCUT2D eigenvalue weighted by Gasteiger charge is -2.32. The molecule has 1 fully saturated rings. The summed E-state index contributed by atoms with van der Waals surface area (Å²) < 4.78 is 7.84. The number of benzene rings is 1. The van der Waals surface area contributed by atoms with Gasteiger partial charge in [0.1, 0.15) is 11.6 Å². The number of ether oxygens (including phenoxy) is 1. The van der Waals surface area contributed by atoms with E-state index in [0.717, 1.165) is 56.0 Å². The van der Waals surface area contributed by atoms with Crippen LogP contribution < -0.4 is 4.74 Å². The molecule has 1 saturated heterocycles. The fourth-order valence-electron chi connectivity index (χ4n) is 4.63. The van der Waals surface area contributed by atoms with Crippen molar-refractivity contribution in [3.63, 3.8) is 0 Å². The van der Waals surface area contributed by atoms with Crippen molar-refractivity contribution >= 4 is 5.91 Å². The summed E-state index contributed by atoms with van der Waals surface area (Å²) in [5.41, 5.74) is 3.42. The fourth-order valence-corrected chi connectivity index (χ4v) is 4.63. The quantitative estimate of drug-likeness (QED) is 0.481. The van der Waals surface area contributed by atoms with Crippen LogP contribution in [0.15, 0.2) is 55.0 Å². The largest absolute Gasteiger partial charge is 0.494 e. The SMILES string of the molecule is CCOc1ccccc1Cc1ccc([C@@H]2CCCN(C(=O)CCn3ccnc3CC)C2)nc1. The normalized spacial score (nSPS) is 16.1. The molecular formula is C27H34N4O2. The zero-order valence-corrected chi connectivity index (χ0v) is 19.7. The van der Waals surface area contributed by atoms with E-state index in [1.807, 2.05) is 48.6 Å². The Balaban J connectivity index is 1.35. The molecule has 3 aromatic rings. The van der Waals surface area contributed by atoms with Crippen LogP contribution in [0.5, 0.6) is 5.75 Å². The van der Waals surface area contributed by atoms with E-state index in [4.69, 9.17) is 9.72 Å². The second-order valence-electron chi connectivity index (χ2n) is 8.63. The maximum absolute atomic E-state index is 12.9. The van der Waals surface area contributed by atoms with Crippen LogP contribution in [0.4, 0.5) is 0 Å². The van der Waals surface area contributed by atoms with Crippen molar-refractivity contribution in [2.75, 3.05) is 19.7 Å². The van der Waals surface area contributed by atoms with Crippen molar-refractivity contribution in [3.05, 3.63) is 77.6 Å². The molecule has 3 heterocycles. The number of carbonyl (C=O) groups excluding carboxylic acids is 1. The van der Waals surface area contributed by atoms with Crippen LogP contribution >= 0.6 is 0 Å². The number of nitrogens with zero attached hydrogens (tertiary/aromatic N) is 4. The zero-order valence-electron chi connectivity index (χ0n) is 19.7. The van der Waals surface area contributed by atoms with Crippen LogP contribution in [0.25, 0.3) is 0 Å². The van der Waals surface area contributed by atoms with E-state index in [1.54, 1.807) is 0 Å². The molecule has 0 radical (unpaired) electrons. The van der Waals surface area contributed by atoms with Gasteiger partial charge in [0.2, 0.25) is 5.91 Å². The monoisotopic (exact) mass is 446 g/mol. The average Bonchev–Trinajstić information content (AvgIpc) is 3.32. The Bertz CT molecular complexity index is 1040. The Kier molecular flexibility index (Phi) is 7.76. The highest BCUT2D eigenvalue weighted by atomic mass is 16.5. The van der Waals surface area contributed by atoms with Crippen LogP contribution in [0.3, 0.4) is 0 Å². The molecule has 2 aromatic heterocycles. The maximum Gasteiger partial charge on any atom is 0.224 e. The molecule has 1 aliphatic rings. The Morgan fingerprint density at radius 1 is 1.15 bits per heavy atom. The number of aryl methyl sites for hydroxylation is 2. The second-order valence-corrected chi connectivity index (χ2v) is 8.63. The summed E-state index contributed by atoms with van der Waals surface area (Å²) in [5, 5.41) is 0. The molecular weight excluding hydrogens is 412 g/mol. The third-order valence-corrected chi connectivity index (χ3v) is 6.39. The lowest BCUT2D eigenvalue weighted by Crippen LogP contribution is -2.39. The van der Waals surface area contributed by atoms with Crippen LogP contribution in [-0.4, -0.2) is 45.0 Å². The highest BCUT2D eigenvalue weighted by Crippen LogP contribution is 2.27. The summed E-state index contributed by atoms with van der Waals surface area (Å²) in [6, 6.07) is 12.5. The van der Waals surface area contributed by atoms with E-state index >= 15 is 0 Å². The lowest BCUT2D eigenvalue weighted by molar-refractivity contribution is -0.132. The van der Waals surface area contributed by atoms with Gasteiger partial charge in [-0.1, -0.05) is 31.2 Å². The average molecular weight is 447 g/mol. The van der Waals surface area contributed by atoms with Crippen molar-refractivity contribution in [1.29, 1.82) is 0 Å². The predicted octanol–water partition coefficient (Wildman–Crippen LogP) is 4.63. The lowest BCUT2D eigenvalue weighted by atomic mass is 9.93. The number of hydrogen-bond acceptors (Lipinski definition) is 4. The van der Waals surface area contributed by atoms with Gasteiger partial charge in [0, 0.05) is 69.1 Å². The molecule has 0 unspecified atom stereocenters. The minimum absolute atomic E-state index is 0.222. The number of carbonyl (C=O) groups is 1. The van der Waals surface area contributed by atoms with Crippen LogP contribution in [0.1, 0.15) is 61.7 Å². The van der Waals surface area contributed by atoms with Crippen molar-refractivity contribution in [3.8, 4) is 5.75 Å². The summed E-state index contributed by atoms with van der Waals surface area (Å²) in [7, 11) is 0.